The Bertz CT molecular complexity index is 702. The second-order valence-electron chi connectivity index (χ2n) is 6.36. The van der Waals surface area contributed by atoms with Crippen molar-refractivity contribution in [3.8, 4) is 11.5 Å². The molecule has 2 aliphatic heterocycles. The fourth-order valence-corrected chi connectivity index (χ4v) is 3.43. The Labute approximate surface area is 139 Å². The summed E-state index contributed by atoms with van der Waals surface area (Å²) in [6, 6.07) is 5.15. The summed E-state index contributed by atoms with van der Waals surface area (Å²) in [5.41, 5.74) is 0.292. The van der Waals surface area contributed by atoms with Crippen molar-refractivity contribution in [3.63, 3.8) is 0 Å². The van der Waals surface area contributed by atoms with E-state index in [2.05, 4.69) is 5.16 Å². The van der Waals surface area contributed by atoms with Crippen molar-refractivity contribution in [1.29, 1.82) is 0 Å². The monoisotopic (exact) mass is 332 g/mol. The third kappa shape index (κ3) is 2.74. The molecule has 7 nitrogen and oxygen atoms in total. The van der Waals surface area contributed by atoms with Gasteiger partial charge in [-0.05, 0) is 31.9 Å². The predicted octanol–water partition coefficient (Wildman–Crippen LogP) is 2.55. The van der Waals surface area contributed by atoms with E-state index in [-0.39, 0.29) is 11.8 Å². The Balaban J connectivity index is 1.48. The number of piperidine rings is 1. The summed E-state index contributed by atoms with van der Waals surface area (Å²) >= 11 is 0. The minimum Gasteiger partial charge on any atom is -0.461 e. The van der Waals surface area contributed by atoms with Crippen molar-refractivity contribution in [3.05, 3.63) is 30.2 Å². The molecule has 0 saturated carbocycles. The molecule has 0 bridgehead atoms. The van der Waals surface area contributed by atoms with Crippen molar-refractivity contribution in [2.75, 3.05) is 26.3 Å². The summed E-state index contributed by atoms with van der Waals surface area (Å²) < 4.78 is 22.0. The summed E-state index contributed by atoms with van der Waals surface area (Å²) in [6.45, 7) is 4.48. The van der Waals surface area contributed by atoms with Gasteiger partial charge in [-0.2, -0.15) is 0 Å². The zero-order valence-corrected chi connectivity index (χ0v) is 13.6. The van der Waals surface area contributed by atoms with Crippen LogP contribution in [0, 0.1) is 5.92 Å². The van der Waals surface area contributed by atoms with E-state index in [4.69, 9.17) is 18.4 Å². The number of aromatic nitrogens is 1. The molecule has 4 heterocycles. The Morgan fingerprint density at radius 2 is 2.17 bits per heavy atom. The first kappa shape index (κ1) is 15.4. The Hall–Kier alpha value is -2.12. The molecule has 1 atom stereocenters. The summed E-state index contributed by atoms with van der Waals surface area (Å²) in [6.07, 6.45) is 3.45. The molecular weight excluding hydrogens is 312 g/mol. The standard InChI is InChI=1S/C17H20N2O5/c1-17(22-8-9-23-17)12-4-2-6-19(11-12)16(20)13-10-15(24-18-13)14-5-3-7-21-14/h3,5,7,10,12H,2,4,6,8-9,11H2,1H3. The van der Waals surface area contributed by atoms with Crippen LogP contribution in [0.15, 0.2) is 33.4 Å². The van der Waals surface area contributed by atoms with Crippen LogP contribution in [0.3, 0.4) is 0 Å². The van der Waals surface area contributed by atoms with E-state index in [0.717, 1.165) is 12.8 Å². The fraction of sp³-hybridized carbons (Fsp3) is 0.529. The first-order valence-electron chi connectivity index (χ1n) is 8.23. The molecule has 0 aromatic carbocycles. The Morgan fingerprint density at radius 3 is 2.92 bits per heavy atom. The number of hydrogen-bond acceptors (Lipinski definition) is 6. The lowest BCUT2D eigenvalue weighted by Crippen LogP contribution is -2.48. The lowest BCUT2D eigenvalue weighted by Gasteiger charge is -2.39. The van der Waals surface area contributed by atoms with Gasteiger partial charge in [0, 0.05) is 25.1 Å². The van der Waals surface area contributed by atoms with Crippen LogP contribution >= 0.6 is 0 Å². The summed E-state index contributed by atoms with van der Waals surface area (Å²) in [7, 11) is 0. The molecule has 128 valence electrons. The number of ether oxygens (including phenoxy) is 2. The first-order valence-corrected chi connectivity index (χ1v) is 8.23. The van der Waals surface area contributed by atoms with Gasteiger partial charge in [0.2, 0.25) is 5.76 Å². The predicted molar refractivity (Wildman–Crippen MR) is 83.1 cm³/mol. The molecule has 7 heteroatoms. The number of hydrogen-bond donors (Lipinski definition) is 0. The number of nitrogens with zero attached hydrogens (tertiary/aromatic N) is 2. The third-order valence-electron chi connectivity index (χ3n) is 4.80. The second kappa shape index (κ2) is 6.07. The number of carbonyl (C=O) groups is 1. The minimum atomic E-state index is -0.595. The number of furan rings is 1. The average molecular weight is 332 g/mol. The smallest absolute Gasteiger partial charge is 0.276 e. The van der Waals surface area contributed by atoms with E-state index < -0.39 is 5.79 Å². The lowest BCUT2D eigenvalue weighted by atomic mass is 9.90. The van der Waals surface area contributed by atoms with Crippen molar-refractivity contribution in [1.82, 2.24) is 10.1 Å². The number of likely N-dealkylation sites (tertiary alicyclic amines) is 1. The average Bonchev–Trinajstić information content (AvgIpc) is 3.35. The van der Waals surface area contributed by atoms with Crippen LogP contribution in [-0.4, -0.2) is 48.1 Å². The van der Waals surface area contributed by atoms with Gasteiger partial charge in [-0.3, -0.25) is 4.79 Å². The largest absolute Gasteiger partial charge is 0.461 e. The van der Waals surface area contributed by atoms with E-state index in [1.165, 1.54) is 0 Å². The van der Waals surface area contributed by atoms with Crippen molar-refractivity contribution in [2.45, 2.75) is 25.6 Å². The lowest BCUT2D eigenvalue weighted by molar-refractivity contribution is -0.189. The quantitative estimate of drug-likeness (QED) is 0.859. The van der Waals surface area contributed by atoms with Gasteiger partial charge in [-0.25, -0.2) is 0 Å². The van der Waals surface area contributed by atoms with Gasteiger partial charge >= 0.3 is 0 Å². The minimum absolute atomic E-state index is 0.136. The number of amides is 1. The van der Waals surface area contributed by atoms with Crippen molar-refractivity contribution < 1.29 is 23.2 Å². The molecule has 2 saturated heterocycles. The summed E-state index contributed by atoms with van der Waals surface area (Å²) in [4.78, 5) is 14.5. The second-order valence-corrected chi connectivity index (χ2v) is 6.36. The molecule has 2 aliphatic rings. The summed E-state index contributed by atoms with van der Waals surface area (Å²) in [5, 5.41) is 3.90. The maximum atomic E-state index is 12.7. The molecule has 0 N–H and O–H groups in total. The SMILES string of the molecule is CC1(C2CCCN(C(=O)c3cc(-c4ccco4)on3)C2)OCCO1. The normalized spacial score (nSPS) is 23.5. The first-order chi connectivity index (χ1) is 11.7. The topological polar surface area (TPSA) is 77.9 Å². The van der Waals surface area contributed by atoms with Gasteiger partial charge in [-0.15, -0.1) is 0 Å². The number of rotatable bonds is 3. The van der Waals surface area contributed by atoms with E-state index in [9.17, 15) is 4.79 Å². The van der Waals surface area contributed by atoms with Gasteiger partial charge in [0.05, 0.1) is 19.5 Å². The van der Waals surface area contributed by atoms with Crippen LogP contribution in [0.25, 0.3) is 11.5 Å². The molecular formula is C17H20N2O5. The zero-order valence-electron chi connectivity index (χ0n) is 13.6. The van der Waals surface area contributed by atoms with Gasteiger partial charge in [0.1, 0.15) is 0 Å². The molecule has 1 unspecified atom stereocenters. The summed E-state index contributed by atoms with van der Waals surface area (Å²) in [5.74, 6) is 0.434. The highest BCUT2D eigenvalue weighted by atomic mass is 16.7. The van der Waals surface area contributed by atoms with E-state index in [0.29, 0.717) is 43.5 Å². The Morgan fingerprint density at radius 1 is 1.33 bits per heavy atom. The van der Waals surface area contributed by atoms with Crippen LogP contribution in [0.4, 0.5) is 0 Å². The zero-order chi connectivity index (χ0) is 16.6. The molecule has 24 heavy (non-hydrogen) atoms. The van der Waals surface area contributed by atoms with Crippen LogP contribution in [0.5, 0.6) is 0 Å². The maximum absolute atomic E-state index is 12.7. The van der Waals surface area contributed by atoms with Crippen LogP contribution in [0.1, 0.15) is 30.3 Å². The highest BCUT2D eigenvalue weighted by Gasteiger charge is 2.42. The molecule has 0 radical (unpaired) electrons. The number of carbonyl (C=O) groups excluding carboxylic acids is 1. The molecule has 0 spiro atoms. The third-order valence-corrected chi connectivity index (χ3v) is 4.80. The fourth-order valence-electron chi connectivity index (χ4n) is 3.43. The van der Waals surface area contributed by atoms with E-state index in [1.54, 1.807) is 29.4 Å². The van der Waals surface area contributed by atoms with Crippen LogP contribution < -0.4 is 0 Å². The van der Waals surface area contributed by atoms with Gasteiger partial charge in [-0.1, -0.05) is 5.16 Å². The maximum Gasteiger partial charge on any atom is 0.276 e. The van der Waals surface area contributed by atoms with Crippen molar-refractivity contribution >= 4 is 5.91 Å². The highest BCUT2D eigenvalue weighted by Crippen LogP contribution is 2.34. The molecule has 2 aromatic rings. The molecule has 0 aliphatic carbocycles. The Kier molecular flexibility index (Phi) is 3.90. The van der Waals surface area contributed by atoms with Gasteiger partial charge in [0.15, 0.2) is 17.2 Å². The molecule has 1 amide bonds. The molecule has 2 fully saturated rings. The van der Waals surface area contributed by atoms with Crippen LogP contribution in [-0.2, 0) is 9.47 Å². The van der Waals surface area contributed by atoms with Crippen LogP contribution in [0.2, 0.25) is 0 Å². The van der Waals surface area contributed by atoms with Crippen molar-refractivity contribution in [2.24, 2.45) is 5.92 Å². The highest BCUT2D eigenvalue weighted by molar-refractivity contribution is 5.93. The van der Waals surface area contributed by atoms with E-state index >= 15 is 0 Å². The van der Waals surface area contributed by atoms with Gasteiger partial charge < -0.3 is 23.3 Å². The van der Waals surface area contributed by atoms with E-state index in [1.807, 2.05) is 6.92 Å². The van der Waals surface area contributed by atoms with Gasteiger partial charge in [0.25, 0.3) is 5.91 Å². The molecule has 4 rings (SSSR count). The molecule has 2 aromatic heterocycles.